The van der Waals surface area contributed by atoms with Gasteiger partial charge in [-0.1, -0.05) is 62.9 Å². The molecule has 1 atom stereocenters. The quantitative estimate of drug-likeness (QED) is 0.627. The maximum Gasteiger partial charge on any atom is -0.0276 e. The zero-order valence-electron chi connectivity index (χ0n) is 10.4. The monoisotopic (exact) mass is 204 g/mol. The van der Waals surface area contributed by atoms with Gasteiger partial charge in [0.25, 0.3) is 0 Å². The molecule has 0 N–H and O–H groups in total. The zero-order valence-corrected chi connectivity index (χ0v) is 10.4. The first-order valence-electron chi connectivity index (χ1n) is 6.31. The van der Waals surface area contributed by atoms with Crippen LogP contribution in [0.1, 0.15) is 50.7 Å². The SMILES string of the molecule is CCCC(CC)CCc1cccc(C)c1. The minimum absolute atomic E-state index is 0.926. The van der Waals surface area contributed by atoms with Crippen LogP contribution in [0.3, 0.4) is 0 Å². The Morgan fingerprint density at radius 1 is 1.13 bits per heavy atom. The summed E-state index contributed by atoms with van der Waals surface area (Å²) in [5.41, 5.74) is 2.89. The highest BCUT2D eigenvalue weighted by Crippen LogP contribution is 2.18. The fraction of sp³-hybridized carbons (Fsp3) is 0.600. The number of hydrogen-bond acceptors (Lipinski definition) is 0. The van der Waals surface area contributed by atoms with Crippen LogP contribution in [0.15, 0.2) is 24.3 Å². The van der Waals surface area contributed by atoms with Crippen LogP contribution in [0, 0.1) is 12.8 Å². The second-order valence-corrected chi connectivity index (χ2v) is 4.59. The molecule has 0 saturated carbocycles. The van der Waals surface area contributed by atoms with Gasteiger partial charge in [0.15, 0.2) is 0 Å². The van der Waals surface area contributed by atoms with Gasteiger partial charge in [-0.3, -0.25) is 0 Å². The summed E-state index contributed by atoms with van der Waals surface area (Å²) in [6.45, 7) is 6.78. The molecule has 0 aliphatic carbocycles. The maximum atomic E-state index is 2.32. The molecule has 0 spiro atoms. The highest BCUT2D eigenvalue weighted by atomic mass is 14.1. The first-order chi connectivity index (χ1) is 7.26. The fourth-order valence-corrected chi connectivity index (χ4v) is 2.20. The summed E-state index contributed by atoms with van der Waals surface area (Å²) in [6, 6.07) is 8.92. The summed E-state index contributed by atoms with van der Waals surface area (Å²) in [6.07, 6.45) is 6.66. The Morgan fingerprint density at radius 2 is 1.93 bits per heavy atom. The van der Waals surface area contributed by atoms with E-state index in [9.17, 15) is 0 Å². The summed E-state index contributed by atoms with van der Waals surface area (Å²) in [4.78, 5) is 0. The van der Waals surface area contributed by atoms with Crippen molar-refractivity contribution in [2.45, 2.75) is 52.9 Å². The van der Waals surface area contributed by atoms with E-state index in [1.54, 1.807) is 0 Å². The smallest absolute Gasteiger partial charge is 0.0276 e. The molecule has 0 nitrogen and oxygen atoms in total. The molecule has 15 heavy (non-hydrogen) atoms. The predicted octanol–water partition coefficient (Wildman–Crippen LogP) is 4.75. The summed E-state index contributed by atoms with van der Waals surface area (Å²) >= 11 is 0. The molecule has 0 aliphatic rings. The summed E-state index contributed by atoms with van der Waals surface area (Å²) in [7, 11) is 0. The average Bonchev–Trinajstić information content (AvgIpc) is 2.24. The van der Waals surface area contributed by atoms with Crippen LogP contribution in [-0.2, 0) is 6.42 Å². The first-order valence-corrected chi connectivity index (χ1v) is 6.31. The topological polar surface area (TPSA) is 0 Å². The van der Waals surface area contributed by atoms with E-state index in [4.69, 9.17) is 0 Å². The van der Waals surface area contributed by atoms with Gasteiger partial charge in [-0.15, -0.1) is 0 Å². The largest absolute Gasteiger partial charge is 0.0654 e. The second-order valence-electron chi connectivity index (χ2n) is 4.59. The van der Waals surface area contributed by atoms with Crippen LogP contribution in [0.5, 0.6) is 0 Å². The third-order valence-electron chi connectivity index (χ3n) is 3.20. The molecule has 0 bridgehead atoms. The molecule has 1 aromatic rings. The normalized spacial score (nSPS) is 12.7. The van der Waals surface area contributed by atoms with E-state index in [0.29, 0.717) is 0 Å². The van der Waals surface area contributed by atoms with Crippen LogP contribution in [0.2, 0.25) is 0 Å². The van der Waals surface area contributed by atoms with Gasteiger partial charge in [-0.25, -0.2) is 0 Å². The molecule has 0 heterocycles. The van der Waals surface area contributed by atoms with Crippen molar-refractivity contribution in [3.05, 3.63) is 35.4 Å². The van der Waals surface area contributed by atoms with Crippen molar-refractivity contribution in [3.63, 3.8) is 0 Å². The second kappa shape index (κ2) is 6.66. The number of hydrogen-bond donors (Lipinski definition) is 0. The molecule has 1 unspecified atom stereocenters. The lowest BCUT2D eigenvalue weighted by Gasteiger charge is -2.13. The Labute approximate surface area is 94.7 Å². The summed E-state index contributed by atoms with van der Waals surface area (Å²) in [5.74, 6) is 0.926. The average molecular weight is 204 g/mol. The van der Waals surface area contributed by atoms with Gasteiger partial charge < -0.3 is 0 Å². The van der Waals surface area contributed by atoms with Crippen molar-refractivity contribution in [2.24, 2.45) is 5.92 Å². The lowest BCUT2D eigenvalue weighted by Crippen LogP contribution is -2.00. The standard InChI is InChI=1S/C15H24/c1-4-7-14(5-2)10-11-15-9-6-8-13(3)12-15/h6,8-9,12,14H,4-5,7,10-11H2,1-3H3. The fourth-order valence-electron chi connectivity index (χ4n) is 2.20. The van der Waals surface area contributed by atoms with Crippen LogP contribution in [-0.4, -0.2) is 0 Å². The Bertz CT molecular complexity index is 275. The Morgan fingerprint density at radius 3 is 2.53 bits per heavy atom. The zero-order chi connectivity index (χ0) is 11.1. The summed E-state index contributed by atoms with van der Waals surface area (Å²) in [5, 5.41) is 0. The summed E-state index contributed by atoms with van der Waals surface area (Å²) < 4.78 is 0. The maximum absolute atomic E-state index is 2.32. The van der Waals surface area contributed by atoms with Crippen molar-refractivity contribution in [2.75, 3.05) is 0 Å². The third kappa shape index (κ3) is 4.51. The Hall–Kier alpha value is -0.780. The molecular formula is C15H24. The van der Waals surface area contributed by atoms with E-state index >= 15 is 0 Å². The van der Waals surface area contributed by atoms with Gasteiger partial charge >= 0.3 is 0 Å². The molecule has 0 aliphatic heterocycles. The lowest BCUT2D eigenvalue weighted by molar-refractivity contribution is 0.432. The van der Waals surface area contributed by atoms with Crippen molar-refractivity contribution in [3.8, 4) is 0 Å². The van der Waals surface area contributed by atoms with Crippen LogP contribution in [0.4, 0.5) is 0 Å². The molecule has 1 aromatic carbocycles. The van der Waals surface area contributed by atoms with E-state index in [1.165, 1.54) is 43.2 Å². The van der Waals surface area contributed by atoms with E-state index in [1.807, 2.05) is 0 Å². The highest BCUT2D eigenvalue weighted by molar-refractivity contribution is 5.22. The molecule has 1 rings (SSSR count). The molecule has 84 valence electrons. The van der Waals surface area contributed by atoms with E-state index in [2.05, 4.69) is 45.0 Å². The van der Waals surface area contributed by atoms with Crippen LogP contribution in [0.25, 0.3) is 0 Å². The lowest BCUT2D eigenvalue weighted by atomic mass is 9.93. The molecular weight excluding hydrogens is 180 g/mol. The van der Waals surface area contributed by atoms with E-state index in [-0.39, 0.29) is 0 Å². The Balaban J connectivity index is 2.41. The first kappa shape index (κ1) is 12.3. The van der Waals surface area contributed by atoms with Crippen molar-refractivity contribution < 1.29 is 0 Å². The molecule has 0 amide bonds. The van der Waals surface area contributed by atoms with Crippen molar-refractivity contribution in [1.29, 1.82) is 0 Å². The Kier molecular flexibility index (Phi) is 5.45. The molecule has 0 saturated heterocycles. The van der Waals surface area contributed by atoms with Crippen molar-refractivity contribution >= 4 is 0 Å². The third-order valence-corrected chi connectivity index (χ3v) is 3.20. The van der Waals surface area contributed by atoms with Gasteiger partial charge in [0, 0.05) is 0 Å². The number of aryl methyl sites for hydroxylation is 2. The minimum atomic E-state index is 0.926. The van der Waals surface area contributed by atoms with Gasteiger partial charge in [-0.05, 0) is 31.2 Å². The molecule has 0 aromatic heterocycles. The van der Waals surface area contributed by atoms with Gasteiger partial charge in [0.1, 0.15) is 0 Å². The van der Waals surface area contributed by atoms with Gasteiger partial charge in [-0.2, -0.15) is 0 Å². The predicted molar refractivity (Wildman–Crippen MR) is 68.2 cm³/mol. The van der Waals surface area contributed by atoms with Gasteiger partial charge in [0.05, 0.1) is 0 Å². The van der Waals surface area contributed by atoms with Crippen LogP contribution >= 0.6 is 0 Å². The molecule has 0 fully saturated rings. The highest BCUT2D eigenvalue weighted by Gasteiger charge is 2.05. The van der Waals surface area contributed by atoms with Crippen LogP contribution < -0.4 is 0 Å². The minimum Gasteiger partial charge on any atom is -0.0654 e. The molecule has 0 radical (unpaired) electrons. The van der Waals surface area contributed by atoms with Gasteiger partial charge in [0.2, 0.25) is 0 Å². The van der Waals surface area contributed by atoms with Crippen molar-refractivity contribution in [1.82, 2.24) is 0 Å². The number of rotatable bonds is 6. The number of benzene rings is 1. The molecule has 0 heteroatoms. The van der Waals surface area contributed by atoms with E-state index in [0.717, 1.165) is 5.92 Å². The van der Waals surface area contributed by atoms with E-state index < -0.39 is 0 Å².